The number of hydrogen-bond acceptors (Lipinski definition) is 2. The van der Waals surface area contributed by atoms with E-state index in [0.29, 0.717) is 23.8 Å². The van der Waals surface area contributed by atoms with Gasteiger partial charge in [0.05, 0.1) is 5.92 Å². The maximum atomic E-state index is 14.3. The first kappa shape index (κ1) is 13.0. The highest BCUT2D eigenvalue weighted by molar-refractivity contribution is 6.02. The maximum absolute atomic E-state index is 14.3. The normalized spacial score (nSPS) is 38.0. The maximum Gasteiger partial charge on any atom is 0.234 e. The van der Waals surface area contributed by atoms with Crippen LogP contribution in [0.15, 0.2) is 24.3 Å². The van der Waals surface area contributed by atoms with Crippen LogP contribution in [-0.2, 0) is 9.59 Å². The van der Waals surface area contributed by atoms with E-state index in [1.54, 1.807) is 18.2 Å². The molecule has 4 rings (SSSR count). The van der Waals surface area contributed by atoms with Crippen molar-refractivity contribution in [2.75, 3.05) is 0 Å². The highest BCUT2D eigenvalue weighted by Gasteiger charge is 2.60. The summed E-state index contributed by atoms with van der Waals surface area (Å²) in [5, 5.41) is 2.42. The van der Waals surface area contributed by atoms with Crippen molar-refractivity contribution in [1.82, 2.24) is 5.32 Å². The molecule has 2 saturated carbocycles. The molecule has 0 radical (unpaired) electrons. The minimum atomic E-state index is -0.522. The molecule has 0 aromatic heterocycles. The first-order valence-corrected chi connectivity index (χ1v) is 7.68. The Balaban J connectivity index is 1.84. The first-order chi connectivity index (χ1) is 10.1. The molecule has 1 heterocycles. The van der Waals surface area contributed by atoms with E-state index < -0.39 is 5.92 Å². The second kappa shape index (κ2) is 4.39. The predicted octanol–water partition coefficient (Wildman–Crippen LogP) is 2.76. The van der Waals surface area contributed by atoms with Gasteiger partial charge in [-0.05, 0) is 42.6 Å². The number of amides is 2. The third-order valence-electron chi connectivity index (χ3n) is 5.83. The lowest BCUT2D eigenvalue weighted by atomic mass is 9.59. The summed E-state index contributed by atoms with van der Waals surface area (Å²) in [6.07, 6.45) is 4.59. The molecule has 2 aliphatic carbocycles. The molecule has 21 heavy (non-hydrogen) atoms. The van der Waals surface area contributed by atoms with Crippen LogP contribution >= 0.6 is 0 Å². The number of benzene rings is 1. The van der Waals surface area contributed by atoms with Gasteiger partial charge >= 0.3 is 0 Å². The second-order valence-electron chi connectivity index (χ2n) is 6.86. The van der Waals surface area contributed by atoms with Gasteiger partial charge in [-0.25, -0.2) is 4.39 Å². The summed E-state index contributed by atoms with van der Waals surface area (Å²) in [6, 6.07) is 6.50. The molecule has 2 amide bonds. The van der Waals surface area contributed by atoms with Gasteiger partial charge in [-0.2, -0.15) is 0 Å². The largest absolute Gasteiger partial charge is 0.296 e. The fourth-order valence-corrected chi connectivity index (χ4v) is 5.13. The molecule has 1 spiro atoms. The van der Waals surface area contributed by atoms with Crippen LogP contribution < -0.4 is 5.32 Å². The van der Waals surface area contributed by atoms with Gasteiger partial charge in [0.15, 0.2) is 0 Å². The Hall–Kier alpha value is -1.71. The zero-order valence-electron chi connectivity index (χ0n) is 11.8. The van der Waals surface area contributed by atoms with E-state index in [2.05, 4.69) is 5.32 Å². The number of rotatable bonds is 1. The molecule has 4 heteroatoms. The fraction of sp³-hybridized carbons (Fsp3) is 0.529. The van der Waals surface area contributed by atoms with Gasteiger partial charge in [-0.15, -0.1) is 0 Å². The van der Waals surface area contributed by atoms with Crippen molar-refractivity contribution in [2.45, 2.75) is 38.0 Å². The molecule has 4 atom stereocenters. The molecular formula is C17H18FNO2. The molecule has 1 saturated heterocycles. The molecule has 3 aliphatic rings. The Morgan fingerprint density at radius 1 is 1.19 bits per heavy atom. The zero-order valence-corrected chi connectivity index (χ0v) is 11.8. The molecule has 1 aliphatic heterocycles. The third kappa shape index (κ3) is 1.78. The summed E-state index contributed by atoms with van der Waals surface area (Å²) >= 11 is 0. The van der Waals surface area contributed by atoms with Crippen LogP contribution in [0.25, 0.3) is 0 Å². The lowest BCUT2D eigenvalue weighted by Gasteiger charge is -2.46. The van der Waals surface area contributed by atoms with E-state index in [1.165, 1.54) is 12.5 Å². The van der Waals surface area contributed by atoms with E-state index in [9.17, 15) is 14.0 Å². The van der Waals surface area contributed by atoms with E-state index in [4.69, 9.17) is 0 Å². The monoisotopic (exact) mass is 287 g/mol. The average Bonchev–Trinajstić information content (AvgIpc) is 3.00. The van der Waals surface area contributed by atoms with Crippen molar-refractivity contribution in [1.29, 1.82) is 0 Å². The number of halogens is 1. The van der Waals surface area contributed by atoms with Crippen LogP contribution in [0.1, 0.15) is 43.6 Å². The van der Waals surface area contributed by atoms with Gasteiger partial charge < -0.3 is 0 Å². The van der Waals surface area contributed by atoms with Crippen LogP contribution in [0.2, 0.25) is 0 Å². The number of hydrogen-bond donors (Lipinski definition) is 1. The third-order valence-corrected chi connectivity index (χ3v) is 5.83. The summed E-state index contributed by atoms with van der Waals surface area (Å²) < 4.78 is 14.3. The van der Waals surface area contributed by atoms with Gasteiger partial charge in [0.25, 0.3) is 0 Å². The van der Waals surface area contributed by atoms with Crippen molar-refractivity contribution in [3.63, 3.8) is 0 Å². The van der Waals surface area contributed by atoms with Gasteiger partial charge in [0.2, 0.25) is 11.8 Å². The summed E-state index contributed by atoms with van der Waals surface area (Å²) in [5.41, 5.74) is 0.0971. The Morgan fingerprint density at radius 3 is 2.67 bits per heavy atom. The first-order valence-electron chi connectivity index (χ1n) is 7.68. The van der Waals surface area contributed by atoms with Crippen LogP contribution in [0.5, 0.6) is 0 Å². The fourth-order valence-electron chi connectivity index (χ4n) is 5.13. The Bertz CT molecular complexity index is 629. The standard InChI is InChI=1S/C17H18FNO2/c18-13-4-2-1-3-12(13)15-16(21)19-14(20)9-17(15)8-10-5-6-11(17)7-10/h1-4,10-11,15H,5-9H2,(H,19,20,21). The van der Waals surface area contributed by atoms with Crippen molar-refractivity contribution >= 4 is 11.8 Å². The molecule has 2 bridgehead atoms. The van der Waals surface area contributed by atoms with E-state index in [1.807, 2.05) is 0 Å². The van der Waals surface area contributed by atoms with Gasteiger partial charge in [-0.3, -0.25) is 14.9 Å². The zero-order chi connectivity index (χ0) is 14.6. The number of carbonyl (C=O) groups is 2. The number of fused-ring (bicyclic) bond motifs is 3. The van der Waals surface area contributed by atoms with Gasteiger partial charge in [-0.1, -0.05) is 24.6 Å². The molecule has 3 nitrogen and oxygen atoms in total. The molecule has 1 aromatic rings. The van der Waals surface area contributed by atoms with Crippen LogP contribution in [0, 0.1) is 23.1 Å². The Labute approximate surface area is 122 Å². The summed E-state index contributed by atoms with van der Waals surface area (Å²) in [4.78, 5) is 24.4. The van der Waals surface area contributed by atoms with Crippen LogP contribution in [-0.4, -0.2) is 11.8 Å². The van der Waals surface area contributed by atoms with Gasteiger partial charge in [0.1, 0.15) is 5.82 Å². The summed E-state index contributed by atoms with van der Waals surface area (Å²) in [5.74, 6) is -0.394. The number of nitrogens with one attached hydrogen (secondary N) is 1. The SMILES string of the molecule is O=C1CC2(CC3CCC2C3)C(c2ccccc2F)C(=O)N1. The van der Waals surface area contributed by atoms with Crippen molar-refractivity contribution < 1.29 is 14.0 Å². The molecule has 110 valence electrons. The van der Waals surface area contributed by atoms with Crippen molar-refractivity contribution in [2.24, 2.45) is 17.3 Å². The lowest BCUT2D eigenvalue weighted by Crippen LogP contribution is -2.53. The van der Waals surface area contributed by atoms with Gasteiger partial charge in [0, 0.05) is 12.0 Å². The Morgan fingerprint density at radius 2 is 2.00 bits per heavy atom. The van der Waals surface area contributed by atoms with Crippen molar-refractivity contribution in [3.05, 3.63) is 35.6 Å². The average molecular weight is 287 g/mol. The summed E-state index contributed by atoms with van der Waals surface area (Å²) in [7, 11) is 0. The number of imide groups is 1. The predicted molar refractivity (Wildman–Crippen MR) is 74.8 cm³/mol. The molecule has 1 aromatic carbocycles. The minimum absolute atomic E-state index is 0.194. The summed E-state index contributed by atoms with van der Waals surface area (Å²) in [6.45, 7) is 0. The lowest BCUT2D eigenvalue weighted by molar-refractivity contribution is -0.142. The highest BCUT2D eigenvalue weighted by Crippen LogP contribution is 2.64. The minimum Gasteiger partial charge on any atom is -0.296 e. The van der Waals surface area contributed by atoms with Crippen LogP contribution in [0.3, 0.4) is 0 Å². The molecular weight excluding hydrogens is 269 g/mol. The highest BCUT2D eigenvalue weighted by atomic mass is 19.1. The van der Waals surface area contributed by atoms with Crippen molar-refractivity contribution in [3.8, 4) is 0 Å². The smallest absolute Gasteiger partial charge is 0.234 e. The number of piperidine rings is 1. The topological polar surface area (TPSA) is 46.2 Å². The molecule has 3 fully saturated rings. The van der Waals surface area contributed by atoms with E-state index in [0.717, 1.165) is 19.3 Å². The molecule has 1 N–H and O–H groups in total. The Kier molecular flexibility index (Phi) is 2.72. The number of carbonyl (C=O) groups excluding carboxylic acids is 2. The van der Waals surface area contributed by atoms with Crippen LogP contribution in [0.4, 0.5) is 4.39 Å². The van der Waals surface area contributed by atoms with E-state index >= 15 is 0 Å². The quantitative estimate of drug-likeness (QED) is 0.807. The van der Waals surface area contributed by atoms with E-state index in [-0.39, 0.29) is 23.0 Å². The second-order valence-corrected chi connectivity index (χ2v) is 6.86. The molecule has 4 unspecified atom stereocenters.